The van der Waals surface area contributed by atoms with E-state index in [-0.39, 0.29) is 17.7 Å². The molecule has 0 spiro atoms. The highest BCUT2D eigenvalue weighted by molar-refractivity contribution is 14.1. The Morgan fingerprint density at radius 2 is 2.17 bits per heavy atom. The molecule has 3 N–H and O–H groups in total. The molecular weight excluding hydrogens is 477 g/mol. The van der Waals surface area contributed by atoms with Crippen molar-refractivity contribution in [1.82, 2.24) is 15.2 Å². The van der Waals surface area contributed by atoms with Gasteiger partial charge < -0.3 is 20.3 Å². The number of aromatic nitrogens is 1. The number of Topliss-reactive ketones (excluding diaryl/α,β-unsaturated/α-hetero) is 1. The molecule has 29 heavy (non-hydrogen) atoms. The van der Waals surface area contributed by atoms with Crippen molar-refractivity contribution >= 4 is 39.3 Å². The third-order valence-electron chi connectivity index (χ3n) is 7.47. The molecule has 2 aliphatic heterocycles. The average molecular weight is 507 g/mol. The van der Waals surface area contributed by atoms with Crippen molar-refractivity contribution in [2.75, 3.05) is 20.1 Å². The molecule has 5 rings (SSSR count). The first-order valence-electron chi connectivity index (χ1n) is 11.0. The molecule has 2 fully saturated rings. The maximum Gasteiger partial charge on any atom is 0.178 e. The molecule has 0 saturated carbocycles. The van der Waals surface area contributed by atoms with E-state index in [0.29, 0.717) is 12.0 Å². The van der Waals surface area contributed by atoms with E-state index in [9.17, 15) is 9.90 Å². The van der Waals surface area contributed by atoms with Crippen LogP contribution in [0.4, 0.5) is 0 Å². The molecule has 2 saturated heterocycles. The second kappa shape index (κ2) is 7.94. The Balaban J connectivity index is 1.42. The lowest BCUT2D eigenvalue weighted by molar-refractivity contribution is -0.133. The maximum absolute atomic E-state index is 13.1. The minimum absolute atomic E-state index is 0.00590. The molecule has 3 unspecified atom stereocenters. The SMILES string of the molecule is CN1CC(C(O)C(=O)C2CCCCCN2)C[C@H]2c3cccc4[nH]c(I)c(c34)C[C@@H]21. The molecular formula is C23H30IN3O2. The predicted octanol–water partition coefficient (Wildman–Crippen LogP) is 3.19. The van der Waals surface area contributed by atoms with Crippen LogP contribution in [-0.4, -0.2) is 59.1 Å². The number of aromatic amines is 1. The molecule has 3 aliphatic rings. The van der Waals surface area contributed by atoms with Gasteiger partial charge in [-0.15, -0.1) is 0 Å². The van der Waals surface area contributed by atoms with Gasteiger partial charge in [0.15, 0.2) is 5.78 Å². The lowest BCUT2D eigenvalue weighted by atomic mass is 9.71. The first-order valence-corrected chi connectivity index (χ1v) is 12.1. The van der Waals surface area contributed by atoms with Crippen molar-refractivity contribution in [1.29, 1.82) is 0 Å². The number of halogens is 1. The van der Waals surface area contributed by atoms with Crippen molar-refractivity contribution < 1.29 is 9.90 Å². The van der Waals surface area contributed by atoms with Gasteiger partial charge in [0.05, 0.1) is 9.74 Å². The third kappa shape index (κ3) is 3.46. The van der Waals surface area contributed by atoms with E-state index >= 15 is 0 Å². The van der Waals surface area contributed by atoms with E-state index in [1.54, 1.807) is 0 Å². The smallest absolute Gasteiger partial charge is 0.178 e. The number of likely N-dealkylation sites (tertiary alicyclic amines) is 1. The van der Waals surface area contributed by atoms with E-state index < -0.39 is 6.10 Å². The number of carbonyl (C=O) groups excluding carboxylic acids is 1. The minimum Gasteiger partial charge on any atom is -0.385 e. The summed E-state index contributed by atoms with van der Waals surface area (Å²) in [7, 11) is 2.16. The highest BCUT2D eigenvalue weighted by Crippen LogP contribution is 2.46. The molecule has 1 aliphatic carbocycles. The summed E-state index contributed by atoms with van der Waals surface area (Å²) in [6.45, 7) is 1.67. The van der Waals surface area contributed by atoms with Crippen LogP contribution in [0, 0.1) is 9.62 Å². The van der Waals surface area contributed by atoms with Crippen molar-refractivity contribution in [3.8, 4) is 0 Å². The summed E-state index contributed by atoms with van der Waals surface area (Å²) in [5.74, 6) is 0.370. The first-order chi connectivity index (χ1) is 14.0. The van der Waals surface area contributed by atoms with Crippen molar-refractivity contribution in [2.45, 2.75) is 62.6 Å². The van der Waals surface area contributed by atoms with Gasteiger partial charge in [0.25, 0.3) is 0 Å². The van der Waals surface area contributed by atoms with Crippen LogP contribution in [0.3, 0.4) is 0 Å². The zero-order valence-electron chi connectivity index (χ0n) is 17.0. The Morgan fingerprint density at radius 3 is 3.03 bits per heavy atom. The fraction of sp³-hybridized carbons (Fsp3) is 0.609. The number of rotatable bonds is 3. The minimum atomic E-state index is -0.874. The van der Waals surface area contributed by atoms with Crippen LogP contribution in [0.1, 0.15) is 49.1 Å². The van der Waals surface area contributed by atoms with E-state index in [2.05, 4.69) is 63.0 Å². The molecule has 5 nitrogen and oxygen atoms in total. The first kappa shape index (κ1) is 20.0. The topological polar surface area (TPSA) is 68.4 Å². The fourth-order valence-corrected chi connectivity index (χ4v) is 6.75. The number of likely N-dealkylation sites (N-methyl/N-ethyl adjacent to an activating group) is 1. The summed E-state index contributed by atoms with van der Waals surface area (Å²) in [5.41, 5.74) is 4.03. The molecule has 1 aromatic heterocycles. The molecule has 0 radical (unpaired) electrons. The third-order valence-corrected chi connectivity index (χ3v) is 8.39. The van der Waals surface area contributed by atoms with E-state index in [1.165, 1.54) is 32.2 Å². The van der Waals surface area contributed by atoms with E-state index in [1.807, 2.05) is 0 Å². The fourth-order valence-electron chi connectivity index (χ4n) is 5.97. The van der Waals surface area contributed by atoms with Gasteiger partial charge in [0, 0.05) is 35.3 Å². The summed E-state index contributed by atoms with van der Waals surface area (Å²) in [6.07, 6.45) is 5.27. The second-order valence-corrected chi connectivity index (χ2v) is 10.3. The number of ketones is 1. The van der Waals surface area contributed by atoms with Gasteiger partial charge in [0.2, 0.25) is 0 Å². The van der Waals surface area contributed by atoms with Gasteiger partial charge in [-0.3, -0.25) is 4.79 Å². The van der Waals surface area contributed by atoms with Crippen molar-refractivity contribution in [3.63, 3.8) is 0 Å². The Morgan fingerprint density at radius 1 is 1.31 bits per heavy atom. The number of benzene rings is 1. The number of carbonyl (C=O) groups is 1. The number of nitrogens with zero attached hydrogens (tertiary/aromatic N) is 1. The number of piperidine rings is 1. The predicted molar refractivity (Wildman–Crippen MR) is 123 cm³/mol. The largest absolute Gasteiger partial charge is 0.385 e. The lowest BCUT2D eigenvalue weighted by Gasteiger charge is -2.46. The van der Waals surface area contributed by atoms with Crippen molar-refractivity contribution in [3.05, 3.63) is 33.0 Å². The normalized spacial score (nSPS) is 31.3. The summed E-state index contributed by atoms with van der Waals surface area (Å²) < 4.78 is 1.24. The molecule has 0 amide bonds. The molecule has 2 aromatic rings. The molecule has 5 atom stereocenters. The van der Waals surface area contributed by atoms with Crippen LogP contribution >= 0.6 is 22.6 Å². The van der Waals surface area contributed by atoms with Gasteiger partial charge in [-0.1, -0.05) is 25.0 Å². The standard InChI is InChI=1S/C23H30IN3O2/c1-27-12-13(21(28)22(29)18-7-3-2-4-9-25-18)10-15-14-6-5-8-17-20(14)16(11-19(15)27)23(24)26-17/h5-6,8,13,15,18-19,21,25-26,28H,2-4,7,9-12H2,1H3/t13?,15-,18?,19-,21?/m0/s1. The quantitative estimate of drug-likeness (QED) is 0.559. The number of nitrogens with one attached hydrogen (secondary N) is 2. The zero-order chi connectivity index (χ0) is 20.1. The number of aliphatic hydroxyl groups is 1. The number of aliphatic hydroxyl groups excluding tert-OH is 1. The average Bonchev–Trinajstić information content (AvgIpc) is 2.90. The number of H-pyrrole nitrogens is 1. The van der Waals surface area contributed by atoms with Gasteiger partial charge >= 0.3 is 0 Å². The van der Waals surface area contributed by atoms with Gasteiger partial charge in [0.1, 0.15) is 6.10 Å². The van der Waals surface area contributed by atoms with Crippen LogP contribution in [0.25, 0.3) is 10.9 Å². The van der Waals surface area contributed by atoms with Crippen molar-refractivity contribution in [2.24, 2.45) is 5.92 Å². The molecule has 0 bridgehead atoms. The Hall–Kier alpha value is -0.960. The second-order valence-electron chi connectivity index (χ2n) is 9.20. The van der Waals surface area contributed by atoms with Crippen LogP contribution in [0.15, 0.2) is 18.2 Å². The summed E-state index contributed by atoms with van der Waals surface area (Å²) in [6, 6.07) is 6.81. The Labute approximate surface area is 185 Å². The molecule has 3 heterocycles. The molecule has 156 valence electrons. The maximum atomic E-state index is 13.1. The summed E-state index contributed by atoms with van der Waals surface area (Å²) in [5, 5.41) is 15.8. The molecule has 6 heteroatoms. The van der Waals surface area contributed by atoms with E-state index in [0.717, 1.165) is 45.2 Å². The number of fused-ring (bicyclic) bond motifs is 2. The Bertz CT molecular complexity index is 918. The van der Waals surface area contributed by atoms with Gasteiger partial charge in [-0.05, 0) is 79.1 Å². The van der Waals surface area contributed by atoms with Crippen LogP contribution in [0.5, 0.6) is 0 Å². The van der Waals surface area contributed by atoms with Gasteiger partial charge in [-0.2, -0.15) is 0 Å². The van der Waals surface area contributed by atoms with Crippen LogP contribution < -0.4 is 5.32 Å². The highest BCUT2D eigenvalue weighted by atomic mass is 127. The lowest BCUT2D eigenvalue weighted by Crippen LogP contribution is -2.53. The monoisotopic (exact) mass is 507 g/mol. The van der Waals surface area contributed by atoms with Gasteiger partial charge in [-0.25, -0.2) is 0 Å². The number of hydrogen-bond donors (Lipinski definition) is 3. The van der Waals surface area contributed by atoms with Crippen LogP contribution in [0.2, 0.25) is 0 Å². The zero-order valence-corrected chi connectivity index (χ0v) is 19.1. The molecule has 1 aromatic carbocycles. The Kier molecular flexibility index (Phi) is 5.47. The highest BCUT2D eigenvalue weighted by Gasteiger charge is 2.43. The summed E-state index contributed by atoms with van der Waals surface area (Å²) in [4.78, 5) is 19.0. The number of hydrogen-bond acceptors (Lipinski definition) is 4. The van der Waals surface area contributed by atoms with Crippen LogP contribution in [-0.2, 0) is 11.2 Å². The van der Waals surface area contributed by atoms with E-state index in [4.69, 9.17) is 0 Å². The summed E-state index contributed by atoms with van der Waals surface area (Å²) >= 11 is 2.42.